The largest absolute Gasteiger partial charge is 0.337 e. The van der Waals surface area contributed by atoms with Crippen molar-refractivity contribution in [2.45, 2.75) is 13.3 Å². The molecule has 0 unspecified atom stereocenters. The van der Waals surface area contributed by atoms with E-state index >= 15 is 0 Å². The molecule has 2 N–H and O–H groups in total. The molecular formula is C23H26N4O3. The van der Waals surface area contributed by atoms with E-state index in [0.717, 1.165) is 12.0 Å². The predicted molar refractivity (Wildman–Crippen MR) is 117 cm³/mol. The number of anilines is 2. The van der Waals surface area contributed by atoms with Crippen LogP contribution in [0.5, 0.6) is 0 Å². The first-order valence-electron chi connectivity index (χ1n) is 9.92. The number of carbonyl (C=O) groups excluding carboxylic acids is 3. The summed E-state index contributed by atoms with van der Waals surface area (Å²) in [6.07, 6.45) is 4.81. The molecule has 0 aromatic heterocycles. The fourth-order valence-corrected chi connectivity index (χ4v) is 3.18. The van der Waals surface area contributed by atoms with Gasteiger partial charge in [-0.05, 0) is 43.2 Å². The van der Waals surface area contributed by atoms with Gasteiger partial charge in [-0.2, -0.15) is 0 Å². The summed E-state index contributed by atoms with van der Waals surface area (Å²) in [7, 11) is 0. The first-order valence-corrected chi connectivity index (χ1v) is 9.92. The third-order valence-corrected chi connectivity index (χ3v) is 4.75. The maximum Gasteiger partial charge on any atom is 0.319 e. The highest BCUT2D eigenvalue weighted by Gasteiger charge is 2.23. The van der Waals surface area contributed by atoms with Crippen molar-refractivity contribution in [2.24, 2.45) is 0 Å². The van der Waals surface area contributed by atoms with Crippen LogP contribution in [0, 0.1) is 6.92 Å². The number of carbonyl (C=O) groups is 3. The number of urea groups is 1. The van der Waals surface area contributed by atoms with E-state index in [-0.39, 0.29) is 24.9 Å². The average Bonchev–Trinajstić information content (AvgIpc) is 2.77. The maximum atomic E-state index is 12.9. The lowest BCUT2D eigenvalue weighted by molar-refractivity contribution is -0.131. The van der Waals surface area contributed by atoms with E-state index in [2.05, 4.69) is 10.6 Å². The molecule has 2 aromatic carbocycles. The molecule has 2 aromatic rings. The molecule has 7 heteroatoms. The monoisotopic (exact) mass is 406 g/mol. The molecule has 0 spiro atoms. The zero-order valence-corrected chi connectivity index (χ0v) is 17.0. The van der Waals surface area contributed by atoms with Crippen LogP contribution in [0.2, 0.25) is 0 Å². The van der Waals surface area contributed by atoms with Crippen LogP contribution >= 0.6 is 0 Å². The van der Waals surface area contributed by atoms with Crippen molar-refractivity contribution in [3.63, 3.8) is 0 Å². The molecule has 0 bridgehead atoms. The summed E-state index contributed by atoms with van der Waals surface area (Å²) in [5, 5.41) is 5.28. The topological polar surface area (TPSA) is 81.8 Å². The Labute approximate surface area is 176 Å². The smallest absolute Gasteiger partial charge is 0.319 e. The lowest BCUT2D eigenvalue weighted by Crippen LogP contribution is -2.47. The maximum absolute atomic E-state index is 12.9. The molecule has 0 radical (unpaired) electrons. The second kappa shape index (κ2) is 10.2. The quantitative estimate of drug-likeness (QED) is 0.724. The average molecular weight is 406 g/mol. The Bertz CT molecular complexity index is 927. The van der Waals surface area contributed by atoms with Gasteiger partial charge >= 0.3 is 6.03 Å². The predicted octanol–water partition coefficient (Wildman–Crippen LogP) is 2.94. The van der Waals surface area contributed by atoms with E-state index in [1.54, 1.807) is 23.1 Å². The van der Waals surface area contributed by atoms with Crippen LogP contribution in [0.1, 0.15) is 12.0 Å². The van der Waals surface area contributed by atoms with Gasteiger partial charge in [-0.15, -0.1) is 0 Å². The van der Waals surface area contributed by atoms with Gasteiger partial charge in [0.25, 0.3) is 0 Å². The lowest BCUT2D eigenvalue weighted by Gasteiger charge is -2.28. The second-order valence-corrected chi connectivity index (χ2v) is 7.09. The van der Waals surface area contributed by atoms with Crippen molar-refractivity contribution in [2.75, 3.05) is 36.4 Å². The van der Waals surface area contributed by atoms with Crippen molar-refractivity contribution in [3.05, 3.63) is 72.3 Å². The fraction of sp³-hybridized carbons (Fsp3) is 0.261. The first kappa shape index (κ1) is 21.1. The van der Waals surface area contributed by atoms with Crippen LogP contribution in [-0.2, 0) is 9.59 Å². The van der Waals surface area contributed by atoms with Gasteiger partial charge in [-0.25, -0.2) is 4.79 Å². The molecule has 1 aliphatic rings. The lowest BCUT2D eigenvalue weighted by atomic mass is 10.2. The van der Waals surface area contributed by atoms with E-state index in [1.807, 2.05) is 55.5 Å². The van der Waals surface area contributed by atoms with E-state index in [0.29, 0.717) is 24.5 Å². The number of aryl methyl sites for hydroxylation is 1. The van der Waals surface area contributed by atoms with Crippen LogP contribution in [0.25, 0.3) is 0 Å². The highest BCUT2D eigenvalue weighted by molar-refractivity contribution is 6.01. The number of amides is 4. The Balaban J connectivity index is 1.62. The molecule has 0 fully saturated rings. The van der Waals surface area contributed by atoms with Gasteiger partial charge < -0.3 is 20.4 Å². The van der Waals surface area contributed by atoms with Crippen LogP contribution in [0.4, 0.5) is 16.2 Å². The Morgan fingerprint density at radius 2 is 1.83 bits per heavy atom. The normalized spacial score (nSPS) is 12.9. The molecule has 1 aliphatic heterocycles. The molecule has 3 rings (SSSR count). The zero-order valence-electron chi connectivity index (χ0n) is 17.0. The number of nitrogens with one attached hydrogen (secondary N) is 2. The Morgan fingerprint density at radius 1 is 1.03 bits per heavy atom. The van der Waals surface area contributed by atoms with Crippen molar-refractivity contribution in [1.29, 1.82) is 0 Å². The third kappa shape index (κ3) is 5.94. The second-order valence-electron chi connectivity index (χ2n) is 7.09. The minimum atomic E-state index is -0.477. The summed E-state index contributed by atoms with van der Waals surface area (Å²) < 4.78 is 0. The minimum absolute atomic E-state index is 0.0716. The van der Waals surface area contributed by atoms with Gasteiger partial charge in [0.05, 0.1) is 6.54 Å². The standard InChI is InChI=1S/C23H26N4O3/c1-18-9-8-10-19(15-18)25-23(30)24-16-21(28)27(20-11-4-2-5-12-20)17-22(29)26-13-6-3-7-14-26/h2-6,8-12,15H,7,13-14,16-17H2,1H3,(H2,24,25,30). The van der Waals surface area contributed by atoms with Crippen molar-refractivity contribution >= 4 is 29.2 Å². The van der Waals surface area contributed by atoms with E-state index in [9.17, 15) is 14.4 Å². The van der Waals surface area contributed by atoms with Crippen LogP contribution < -0.4 is 15.5 Å². The molecule has 30 heavy (non-hydrogen) atoms. The number of nitrogens with zero attached hydrogens (tertiary/aromatic N) is 2. The zero-order chi connectivity index (χ0) is 21.3. The van der Waals surface area contributed by atoms with E-state index in [1.165, 1.54) is 4.90 Å². The number of hydrogen-bond donors (Lipinski definition) is 2. The molecule has 0 atom stereocenters. The molecular weight excluding hydrogens is 380 g/mol. The fourth-order valence-electron chi connectivity index (χ4n) is 3.18. The van der Waals surface area contributed by atoms with E-state index < -0.39 is 6.03 Å². The van der Waals surface area contributed by atoms with Crippen LogP contribution in [0.3, 0.4) is 0 Å². The molecule has 0 saturated heterocycles. The number of para-hydroxylation sites is 1. The third-order valence-electron chi connectivity index (χ3n) is 4.75. The summed E-state index contributed by atoms with van der Waals surface area (Å²) in [5.74, 6) is -0.484. The molecule has 0 aliphatic carbocycles. The highest BCUT2D eigenvalue weighted by Crippen LogP contribution is 2.15. The Morgan fingerprint density at radius 3 is 2.53 bits per heavy atom. The summed E-state index contributed by atoms with van der Waals surface area (Å²) in [4.78, 5) is 40.9. The van der Waals surface area contributed by atoms with Crippen molar-refractivity contribution in [1.82, 2.24) is 10.2 Å². The molecule has 0 saturated carbocycles. The Hall–Kier alpha value is -3.61. The molecule has 1 heterocycles. The summed E-state index contributed by atoms with van der Waals surface area (Å²) in [6.45, 7) is 2.83. The first-order chi connectivity index (χ1) is 14.5. The Kier molecular flexibility index (Phi) is 7.21. The van der Waals surface area contributed by atoms with Crippen LogP contribution in [-0.4, -0.2) is 48.9 Å². The summed E-state index contributed by atoms with van der Waals surface area (Å²) in [5.41, 5.74) is 2.28. The SMILES string of the molecule is Cc1cccc(NC(=O)NCC(=O)N(CC(=O)N2CC=CCC2)c2ccccc2)c1. The summed E-state index contributed by atoms with van der Waals surface area (Å²) >= 11 is 0. The highest BCUT2D eigenvalue weighted by atomic mass is 16.2. The molecule has 156 valence electrons. The van der Waals surface area contributed by atoms with Gasteiger partial charge in [0.1, 0.15) is 6.54 Å². The van der Waals surface area contributed by atoms with Crippen LogP contribution in [0.15, 0.2) is 66.7 Å². The van der Waals surface area contributed by atoms with Crippen molar-refractivity contribution < 1.29 is 14.4 Å². The van der Waals surface area contributed by atoms with Gasteiger partial charge in [0.15, 0.2) is 0 Å². The van der Waals surface area contributed by atoms with E-state index in [4.69, 9.17) is 0 Å². The van der Waals surface area contributed by atoms with Gasteiger partial charge in [0.2, 0.25) is 11.8 Å². The minimum Gasteiger partial charge on any atom is -0.337 e. The number of hydrogen-bond acceptors (Lipinski definition) is 3. The van der Waals surface area contributed by atoms with Gasteiger partial charge in [-0.3, -0.25) is 9.59 Å². The van der Waals surface area contributed by atoms with Crippen molar-refractivity contribution in [3.8, 4) is 0 Å². The molecule has 7 nitrogen and oxygen atoms in total. The number of benzene rings is 2. The summed E-state index contributed by atoms with van der Waals surface area (Å²) in [6, 6.07) is 15.9. The molecule has 4 amide bonds. The van der Waals surface area contributed by atoms with Gasteiger partial charge in [0, 0.05) is 24.5 Å². The number of rotatable bonds is 6. The van der Waals surface area contributed by atoms with Gasteiger partial charge in [-0.1, -0.05) is 42.5 Å².